The second kappa shape index (κ2) is 6.12. The third-order valence-electron chi connectivity index (χ3n) is 3.06. The molecule has 4 heteroatoms. The van der Waals surface area contributed by atoms with E-state index in [9.17, 15) is 9.90 Å². The zero-order chi connectivity index (χ0) is 14.7. The van der Waals surface area contributed by atoms with Gasteiger partial charge in [0.1, 0.15) is 0 Å². The quantitative estimate of drug-likeness (QED) is 0.682. The van der Waals surface area contributed by atoms with Crippen LogP contribution in [-0.2, 0) is 4.74 Å². The van der Waals surface area contributed by atoms with Crippen LogP contribution in [0.5, 0.6) is 5.75 Å². The molecule has 0 amide bonds. The van der Waals surface area contributed by atoms with Crippen molar-refractivity contribution in [3.8, 4) is 5.75 Å². The van der Waals surface area contributed by atoms with E-state index < -0.39 is 5.97 Å². The summed E-state index contributed by atoms with van der Waals surface area (Å²) in [7, 11) is 1.32. The molecule has 0 bridgehead atoms. The van der Waals surface area contributed by atoms with Gasteiger partial charge in [0.25, 0.3) is 0 Å². The number of phenolic OH excluding ortho intramolecular Hbond substituents is 1. The molecule has 0 aliphatic rings. The molecule has 0 radical (unpaired) electrons. The number of ether oxygens (including phenoxy) is 1. The molecule has 0 fully saturated rings. The Bertz CT molecular complexity index is 636. The number of carbonyl (C=O) groups is 1. The number of phenols is 1. The van der Waals surface area contributed by atoms with Crippen LogP contribution in [0.3, 0.4) is 0 Å². The molecule has 0 saturated heterocycles. The van der Waals surface area contributed by atoms with Gasteiger partial charge in [-0.3, -0.25) is 0 Å². The first-order chi connectivity index (χ1) is 9.54. The monoisotopic (exact) mass is 336 g/mol. The van der Waals surface area contributed by atoms with Crippen molar-refractivity contribution in [2.24, 2.45) is 0 Å². The van der Waals surface area contributed by atoms with Crippen molar-refractivity contribution in [2.75, 3.05) is 7.11 Å². The summed E-state index contributed by atoms with van der Waals surface area (Å²) in [5, 5.41) is 10.1. The zero-order valence-electron chi connectivity index (χ0n) is 11.6. The fourth-order valence-corrected chi connectivity index (χ4v) is 4.12. The average molecular weight is 335 g/mol. The Labute approximate surface area is 124 Å². The van der Waals surface area contributed by atoms with Crippen LogP contribution in [0.4, 0.5) is 0 Å². The van der Waals surface area contributed by atoms with Gasteiger partial charge in [0.2, 0.25) is 0 Å². The van der Waals surface area contributed by atoms with Crippen molar-refractivity contribution < 1.29 is 14.6 Å². The average Bonchev–Trinajstić information content (AvgIpc) is 2.45. The summed E-state index contributed by atoms with van der Waals surface area (Å²) in [4.78, 5) is 11.8. The molecule has 2 rings (SSSR count). The molecule has 2 aromatic carbocycles. The third-order valence-corrected chi connectivity index (χ3v) is 5.48. The van der Waals surface area contributed by atoms with Gasteiger partial charge in [-0.25, -0.2) is 0 Å². The third kappa shape index (κ3) is 2.87. The number of carbonyl (C=O) groups excluding carboxylic acids is 1. The summed E-state index contributed by atoms with van der Waals surface area (Å²) in [5.41, 5.74) is 1.77. The van der Waals surface area contributed by atoms with E-state index in [0.717, 1.165) is 10.0 Å². The van der Waals surface area contributed by atoms with Crippen LogP contribution in [0.25, 0.3) is 0 Å². The predicted octanol–water partition coefficient (Wildman–Crippen LogP) is 1.45. The first kappa shape index (κ1) is 14.6. The molecular formula is C16H16O3Se. The van der Waals surface area contributed by atoms with Crippen LogP contribution in [-0.4, -0.2) is 33.1 Å². The van der Waals surface area contributed by atoms with Gasteiger partial charge in [-0.1, -0.05) is 0 Å². The standard InChI is InChI=1S/C16H16O3Se/c1-10-9-13(20-12-7-5-4-6-8-12)11(2)14(15(10)17)16(18)19-3/h4-9,17H,1-3H3. The summed E-state index contributed by atoms with van der Waals surface area (Å²) in [6.45, 7) is 3.65. The van der Waals surface area contributed by atoms with Crippen molar-refractivity contribution in [1.82, 2.24) is 0 Å². The van der Waals surface area contributed by atoms with E-state index >= 15 is 0 Å². The fraction of sp³-hybridized carbons (Fsp3) is 0.188. The molecule has 0 atom stereocenters. The van der Waals surface area contributed by atoms with Crippen molar-refractivity contribution in [3.05, 3.63) is 53.1 Å². The van der Waals surface area contributed by atoms with Crippen molar-refractivity contribution >= 4 is 29.8 Å². The van der Waals surface area contributed by atoms with Gasteiger partial charge in [0, 0.05) is 0 Å². The van der Waals surface area contributed by atoms with E-state index in [1.165, 1.54) is 11.6 Å². The summed E-state index contributed by atoms with van der Waals surface area (Å²) in [6, 6.07) is 12.1. The van der Waals surface area contributed by atoms with Gasteiger partial charge in [-0.05, 0) is 0 Å². The first-order valence-electron chi connectivity index (χ1n) is 6.19. The number of aromatic hydroxyl groups is 1. The van der Waals surface area contributed by atoms with Gasteiger partial charge in [0.05, 0.1) is 0 Å². The van der Waals surface area contributed by atoms with Gasteiger partial charge >= 0.3 is 124 Å². The van der Waals surface area contributed by atoms with Gasteiger partial charge in [-0.2, -0.15) is 0 Å². The van der Waals surface area contributed by atoms with Crippen LogP contribution in [0.1, 0.15) is 21.5 Å². The molecule has 20 heavy (non-hydrogen) atoms. The predicted molar refractivity (Wildman–Crippen MR) is 80.4 cm³/mol. The van der Waals surface area contributed by atoms with Gasteiger partial charge < -0.3 is 0 Å². The first-order valence-corrected chi connectivity index (χ1v) is 7.90. The van der Waals surface area contributed by atoms with Gasteiger partial charge in [0.15, 0.2) is 0 Å². The number of aryl methyl sites for hydroxylation is 1. The molecular weight excluding hydrogens is 319 g/mol. The van der Waals surface area contributed by atoms with E-state index in [1.54, 1.807) is 6.92 Å². The minimum atomic E-state index is -0.492. The number of benzene rings is 2. The Balaban J connectivity index is 2.50. The van der Waals surface area contributed by atoms with E-state index in [-0.39, 0.29) is 26.3 Å². The summed E-state index contributed by atoms with van der Waals surface area (Å²) in [6.07, 6.45) is 0. The van der Waals surface area contributed by atoms with Crippen molar-refractivity contribution in [1.29, 1.82) is 0 Å². The normalized spacial score (nSPS) is 10.3. The number of rotatable bonds is 3. The fourth-order valence-electron chi connectivity index (χ4n) is 1.94. The molecule has 104 valence electrons. The Kier molecular flexibility index (Phi) is 4.48. The molecule has 0 spiro atoms. The molecule has 1 N–H and O–H groups in total. The van der Waals surface area contributed by atoms with E-state index in [1.807, 2.05) is 31.2 Å². The second-order valence-corrected chi connectivity index (χ2v) is 6.79. The van der Waals surface area contributed by atoms with Crippen LogP contribution in [0.2, 0.25) is 0 Å². The topological polar surface area (TPSA) is 46.5 Å². The number of methoxy groups -OCH3 is 1. The van der Waals surface area contributed by atoms with E-state index in [4.69, 9.17) is 4.74 Å². The van der Waals surface area contributed by atoms with Crippen LogP contribution in [0, 0.1) is 13.8 Å². The van der Waals surface area contributed by atoms with Crippen LogP contribution >= 0.6 is 0 Å². The number of hydrogen-bond donors (Lipinski definition) is 1. The Morgan fingerprint density at radius 1 is 1.20 bits per heavy atom. The van der Waals surface area contributed by atoms with E-state index in [2.05, 4.69) is 12.1 Å². The summed E-state index contributed by atoms with van der Waals surface area (Å²) < 4.78 is 7.07. The molecule has 0 aliphatic heterocycles. The number of hydrogen-bond acceptors (Lipinski definition) is 3. The Morgan fingerprint density at radius 2 is 1.85 bits per heavy atom. The SMILES string of the molecule is COC(=O)c1c(C)c([Se]c2ccccc2)cc(C)c1O. The molecule has 0 aromatic heterocycles. The maximum atomic E-state index is 11.8. The molecule has 3 nitrogen and oxygen atoms in total. The van der Waals surface area contributed by atoms with Crippen LogP contribution in [0.15, 0.2) is 36.4 Å². The Morgan fingerprint density at radius 3 is 2.45 bits per heavy atom. The van der Waals surface area contributed by atoms with Gasteiger partial charge in [-0.15, -0.1) is 0 Å². The second-order valence-electron chi connectivity index (χ2n) is 4.45. The summed E-state index contributed by atoms with van der Waals surface area (Å²) in [5.74, 6) is -0.476. The Hall–Kier alpha value is -1.77. The maximum absolute atomic E-state index is 11.8. The molecule has 0 saturated carbocycles. The van der Waals surface area contributed by atoms with Crippen LogP contribution < -0.4 is 8.92 Å². The minimum absolute atomic E-state index is 0.0157. The van der Waals surface area contributed by atoms with E-state index in [0.29, 0.717) is 5.56 Å². The number of esters is 1. The molecule has 0 unspecified atom stereocenters. The zero-order valence-corrected chi connectivity index (χ0v) is 13.3. The summed E-state index contributed by atoms with van der Waals surface area (Å²) >= 11 is 0.0899. The van der Waals surface area contributed by atoms with Crippen molar-refractivity contribution in [3.63, 3.8) is 0 Å². The molecule has 0 heterocycles. The van der Waals surface area contributed by atoms with Crippen molar-refractivity contribution in [2.45, 2.75) is 13.8 Å². The molecule has 0 aliphatic carbocycles. The molecule has 2 aromatic rings.